The number of allylic oxidation sites excluding steroid dienone is 1. The lowest BCUT2D eigenvalue weighted by atomic mass is 9.85. The Balaban J connectivity index is 0.000000210. The minimum Gasteiger partial charge on any atom is -0.478 e. The molecule has 2 atom stereocenters. The van der Waals surface area contributed by atoms with Crippen LogP contribution in [-0.4, -0.2) is 73.1 Å². The van der Waals surface area contributed by atoms with Gasteiger partial charge in [-0.2, -0.15) is 0 Å². The smallest absolute Gasteiger partial charge is 0.410 e. The lowest BCUT2D eigenvalue weighted by Crippen LogP contribution is -2.41. The minimum atomic E-state index is -0.968. The van der Waals surface area contributed by atoms with Crippen molar-refractivity contribution >= 4 is 63.6 Å². The number of nitrogens with two attached hydrogens (primary N) is 1. The fourth-order valence-corrected chi connectivity index (χ4v) is 11.0. The van der Waals surface area contributed by atoms with E-state index in [0.717, 1.165) is 101 Å². The van der Waals surface area contributed by atoms with Crippen molar-refractivity contribution in [2.45, 2.75) is 136 Å². The number of rotatable bonds is 14. The van der Waals surface area contributed by atoms with Gasteiger partial charge in [-0.3, -0.25) is 4.79 Å². The van der Waals surface area contributed by atoms with E-state index in [9.17, 15) is 23.6 Å². The van der Waals surface area contributed by atoms with E-state index in [1.54, 1.807) is 24.3 Å². The Morgan fingerprint density at radius 2 is 1.12 bits per heavy atom. The molecule has 0 spiro atoms. The molecule has 0 saturated heterocycles. The van der Waals surface area contributed by atoms with Gasteiger partial charge in [0.2, 0.25) is 0 Å². The van der Waals surface area contributed by atoms with E-state index >= 15 is 0 Å². The zero-order valence-electron chi connectivity index (χ0n) is 46.3. The number of ether oxygens (including phenoxy) is 2. The number of carboxylic acid groups (broad SMARTS) is 1. The maximum atomic E-state index is 13.6. The number of nitrogens with one attached hydrogen (secondary N) is 2. The van der Waals surface area contributed by atoms with Crippen LogP contribution in [0.1, 0.15) is 141 Å². The third-order valence-electron chi connectivity index (χ3n) is 14.5. The second kappa shape index (κ2) is 24.2. The molecule has 0 saturated carbocycles. The number of aryl methyl sites for hydroxylation is 4. The molecule has 7 aromatic rings. The van der Waals surface area contributed by atoms with Crippen LogP contribution in [-0.2, 0) is 51.2 Å². The molecule has 2 aromatic heterocycles. The fraction of sp³-hybridized carbons (Fsp3) is 0.354. The van der Waals surface area contributed by atoms with Gasteiger partial charge in [-0.1, -0.05) is 84.9 Å². The van der Waals surface area contributed by atoms with E-state index in [0.29, 0.717) is 25.1 Å². The van der Waals surface area contributed by atoms with Crippen molar-refractivity contribution in [1.29, 1.82) is 0 Å². The lowest BCUT2D eigenvalue weighted by molar-refractivity contribution is -0.131. The van der Waals surface area contributed by atoms with Crippen LogP contribution in [0.2, 0.25) is 0 Å². The van der Waals surface area contributed by atoms with Crippen LogP contribution in [0.15, 0.2) is 115 Å². The summed E-state index contributed by atoms with van der Waals surface area (Å²) in [5.41, 5.74) is 18.8. The third-order valence-corrected chi connectivity index (χ3v) is 14.5. The van der Waals surface area contributed by atoms with Gasteiger partial charge < -0.3 is 40.1 Å². The van der Waals surface area contributed by atoms with Crippen molar-refractivity contribution in [1.82, 2.24) is 19.8 Å². The van der Waals surface area contributed by atoms with E-state index in [1.807, 2.05) is 99.9 Å². The summed E-state index contributed by atoms with van der Waals surface area (Å²) in [4.78, 5) is 61.3. The highest BCUT2D eigenvalue weighted by Gasteiger charge is 2.34. The molecule has 0 fully saturated rings. The highest BCUT2D eigenvalue weighted by Crippen LogP contribution is 2.39. The maximum absolute atomic E-state index is 13.6. The van der Waals surface area contributed by atoms with Crippen LogP contribution in [0.4, 0.5) is 19.7 Å². The number of H-pyrrole nitrogens is 2. The van der Waals surface area contributed by atoms with Gasteiger partial charge in [-0.05, 0) is 193 Å². The number of carbonyl (C=O) groups excluding carboxylic acids is 3. The Bertz CT molecular complexity index is 3390. The van der Waals surface area contributed by atoms with Gasteiger partial charge in [0, 0.05) is 64.5 Å². The number of aromatic amines is 2. The zero-order chi connectivity index (χ0) is 55.9. The number of benzene rings is 5. The number of aliphatic carboxylic acids is 1. The highest BCUT2D eigenvalue weighted by molar-refractivity contribution is 5.96. The largest absolute Gasteiger partial charge is 0.478 e. The molecule has 5 N–H and O–H groups in total. The summed E-state index contributed by atoms with van der Waals surface area (Å²) in [6.45, 7) is 16.6. The third kappa shape index (κ3) is 14.2. The molecule has 78 heavy (non-hydrogen) atoms. The summed E-state index contributed by atoms with van der Waals surface area (Å²) in [6.07, 6.45) is 12.5. The van der Waals surface area contributed by atoms with Crippen LogP contribution in [0, 0.1) is 19.7 Å². The van der Waals surface area contributed by atoms with Crippen molar-refractivity contribution in [3.05, 3.63) is 183 Å². The van der Waals surface area contributed by atoms with E-state index in [2.05, 4.69) is 60.2 Å². The van der Waals surface area contributed by atoms with E-state index in [1.165, 1.54) is 39.6 Å². The van der Waals surface area contributed by atoms with Gasteiger partial charge in [0.1, 0.15) is 17.0 Å². The Kier molecular flexibility index (Phi) is 17.4. The van der Waals surface area contributed by atoms with Crippen molar-refractivity contribution in [2.75, 3.05) is 18.8 Å². The summed E-state index contributed by atoms with van der Waals surface area (Å²) in [5, 5.41) is 11.3. The topological polar surface area (TPSA) is 171 Å². The average Bonchev–Trinajstić information content (AvgIpc) is 3.90. The van der Waals surface area contributed by atoms with E-state index in [-0.39, 0.29) is 42.2 Å². The molecule has 408 valence electrons. The molecular formula is C65H74FN5O7. The normalized spacial score (nSPS) is 15.4. The summed E-state index contributed by atoms with van der Waals surface area (Å²) in [5.74, 6) is -1.50. The Morgan fingerprint density at radius 3 is 1.56 bits per heavy atom. The molecule has 2 unspecified atom stereocenters. The number of carboxylic acids is 1. The average molecular weight is 1060 g/mol. The Hall–Kier alpha value is -7.93. The van der Waals surface area contributed by atoms with Crippen LogP contribution in [0.5, 0.6) is 0 Å². The monoisotopic (exact) mass is 1060 g/mol. The van der Waals surface area contributed by atoms with Crippen molar-refractivity contribution < 1.29 is 38.1 Å². The van der Waals surface area contributed by atoms with Crippen LogP contribution in [0.3, 0.4) is 0 Å². The molecule has 9 rings (SSSR count). The summed E-state index contributed by atoms with van der Waals surface area (Å²) < 4.78 is 25.1. The number of nitrogens with zero attached hydrogens (tertiary/aromatic N) is 2. The first-order valence-corrected chi connectivity index (χ1v) is 27.1. The number of fused-ring (bicyclic) bond motifs is 4. The molecule has 2 amide bonds. The quantitative estimate of drug-likeness (QED) is 0.0616. The first-order chi connectivity index (χ1) is 37.1. The molecule has 0 radical (unpaired) electrons. The predicted molar refractivity (Wildman–Crippen MR) is 309 cm³/mol. The number of hydrogen-bond acceptors (Lipinski definition) is 7. The van der Waals surface area contributed by atoms with Gasteiger partial charge in [0.25, 0.3) is 0 Å². The molecule has 2 heterocycles. The Morgan fingerprint density at radius 1 is 0.654 bits per heavy atom. The number of amides is 2. The first-order valence-electron chi connectivity index (χ1n) is 27.1. The van der Waals surface area contributed by atoms with Gasteiger partial charge in [0.05, 0.1) is 12.1 Å². The molecule has 0 aliphatic heterocycles. The molecule has 12 nitrogen and oxygen atoms in total. The zero-order valence-corrected chi connectivity index (χ0v) is 46.3. The molecular weight excluding hydrogens is 982 g/mol. The van der Waals surface area contributed by atoms with Crippen LogP contribution >= 0.6 is 0 Å². The highest BCUT2D eigenvalue weighted by atomic mass is 19.1. The molecule has 5 aromatic carbocycles. The maximum Gasteiger partial charge on any atom is 0.410 e. The standard InChI is InChI=1S/C36H40FN3O3.C29H34N2O4/c1-23-29(31-9-5-6-10-33(31)39-23)18-19-40(35(42)43-36(2,3)4)34-11-7-8-25-20-24(13-17-30(25)34)12-16-28(41)21-26-14-15-27(37)22-32(26)38;1-19-22(24-9-5-6-10-25(24)30-19)16-17-31(28(34)35-29(2,3)4)26-11-7-8-21-18-20(12-14-23(21)26)13-15-27(32)33/h5-6,9-10,12-17,20,22,34,39H,7-8,11,18-19,21,38H2,1-4H3;5-6,9-10,12-15,18,26,30H,7-8,11,16-17H2,1-4H3,(H,32,33)/b16-12+;15-13+. The first kappa shape index (κ1) is 56.3. The van der Waals surface area contributed by atoms with Gasteiger partial charge in [-0.15, -0.1) is 0 Å². The second-order valence-electron chi connectivity index (χ2n) is 22.6. The number of hydrogen-bond donors (Lipinski definition) is 4. The van der Waals surface area contributed by atoms with Crippen molar-refractivity contribution in [3.63, 3.8) is 0 Å². The fourth-order valence-electron chi connectivity index (χ4n) is 11.0. The number of halogens is 1. The summed E-state index contributed by atoms with van der Waals surface area (Å²) >= 11 is 0. The molecule has 0 bridgehead atoms. The summed E-state index contributed by atoms with van der Waals surface area (Å²) in [7, 11) is 0. The van der Waals surface area contributed by atoms with Crippen molar-refractivity contribution in [3.8, 4) is 0 Å². The van der Waals surface area contributed by atoms with Gasteiger partial charge >= 0.3 is 18.2 Å². The molecule has 13 heteroatoms. The number of anilines is 1. The Labute approximate surface area is 457 Å². The van der Waals surface area contributed by atoms with E-state index < -0.39 is 23.0 Å². The van der Waals surface area contributed by atoms with Gasteiger partial charge in [-0.25, -0.2) is 18.8 Å². The summed E-state index contributed by atoms with van der Waals surface area (Å²) in [6, 6.07) is 32.6. The predicted octanol–water partition coefficient (Wildman–Crippen LogP) is 14.3. The number of nitrogen functional groups attached to an aromatic ring is 1. The van der Waals surface area contributed by atoms with Crippen LogP contribution < -0.4 is 5.73 Å². The number of ketones is 1. The van der Waals surface area contributed by atoms with E-state index in [4.69, 9.17) is 20.3 Å². The number of para-hydroxylation sites is 2. The molecule has 2 aliphatic rings. The van der Waals surface area contributed by atoms with Gasteiger partial charge in [0.15, 0.2) is 5.78 Å². The SMILES string of the molecule is Cc1[nH]c2ccccc2c1CCN(C(=O)OC(C)(C)C)C1CCCc2cc(/C=C/C(=O)Cc3ccc(F)cc3N)ccc21.Cc1[nH]c2ccccc2c1CCN(C(=O)OC(C)(C)C)C1CCCc2cc(/C=C/C(=O)O)ccc21. The lowest BCUT2D eigenvalue weighted by Gasteiger charge is -2.37. The number of aromatic nitrogens is 2. The van der Waals surface area contributed by atoms with Crippen molar-refractivity contribution in [2.24, 2.45) is 0 Å². The van der Waals surface area contributed by atoms with Crippen LogP contribution in [0.25, 0.3) is 34.0 Å². The minimum absolute atomic E-state index is 0.0865. The second-order valence-corrected chi connectivity index (χ2v) is 22.6. The number of carbonyl (C=O) groups is 4. The molecule has 2 aliphatic carbocycles.